The average Bonchev–Trinajstić information content (AvgIpc) is 2.69. The molecule has 0 radical (unpaired) electrons. The molecule has 0 fully saturated rings. The third-order valence-electron chi connectivity index (χ3n) is 3.41. The Kier molecular flexibility index (Phi) is 3.36. The molecule has 0 atom stereocenters. The van der Waals surface area contributed by atoms with Crippen molar-refractivity contribution < 1.29 is 0 Å². The highest BCUT2D eigenvalue weighted by Gasteiger charge is 2.15. The van der Waals surface area contributed by atoms with Crippen molar-refractivity contribution in [1.29, 1.82) is 0 Å². The van der Waals surface area contributed by atoms with Crippen LogP contribution in [0.2, 0.25) is 0 Å². The van der Waals surface area contributed by atoms with Crippen molar-refractivity contribution in [3.8, 4) is 0 Å². The fourth-order valence-electron chi connectivity index (χ4n) is 2.48. The molecular formula is C14H21N3. The lowest BCUT2D eigenvalue weighted by Gasteiger charge is -2.18. The highest BCUT2D eigenvalue weighted by atomic mass is 15.1. The molecule has 2 rings (SSSR count). The second-order valence-electron chi connectivity index (χ2n) is 4.47. The standard InChI is InChI=1S/C14H21N3/c1-4-11(5-2)17-13-8-7-10(15)9-12(13)16-14(17)6-3/h7-9,11H,4-6,15H2,1-3H3. The van der Waals surface area contributed by atoms with Gasteiger partial charge in [0.1, 0.15) is 5.82 Å². The van der Waals surface area contributed by atoms with Gasteiger partial charge in [-0.1, -0.05) is 20.8 Å². The van der Waals surface area contributed by atoms with Crippen molar-refractivity contribution in [3.05, 3.63) is 24.0 Å². The molecule has 0 aliphatic rings. The predicted molar refractivity (Wildman–Crippen MR) is 73.1 cm³/mol. The molecule has 0 spiro atoms. The first kappa shape index (κ1) is 12.0. The molecule has 0 saturated heterocycles. The van der Waals surface area contributed by atoms with E-state index in [0.29, 0.717) is 6.04 Å². The number of anilines is 1. The number of nitrogens with zero attached hydrogens (tertiary/aromatic N) is 2. The van der Waals surface area contributed by atoms with E-state index in [1.54, 1.807) is 0 Å². The van der Waals surface area contributed by atoms with Gasteiger partial charge in [-0.15, -0.1) is 0 Å². The van der Waals surface area contributed by atoms with Gasteiger partial charge >= 0.3 is 0 Å². The minimum absolute atomic E-state index is 0.540. The Bertz CT molecular complexity index is 509. The molecule has 0 bridgehead atoms. The molecule has 0 amide bonds. The number of hydrogen-bond donors (Lipinski definition) is 1. The summed E-state index contributed by atoms with van der Waals surface area (Å²) in [4.78, 5) is 4.69. The van der Waals surface area contributed by atoms with Crippen LogP contribution in [0.25, 0.3) is 11.0 Å². The molecule has 0 aliphatic heterocycles. The molecule has 1 aromatic heterocycles. The molecule has 3 nitrogen and oxygen atoms in total. The summed E-state index contributed by atoms with van der Waals surface area (Å²) in [5, 5.41) is 0. The Morgan fingerprint density at radius 2 is 1.94 bits per heavy atom. The van der Waals surface area contributed by atoms with E-state index in [1.165, 1.54) is 11.3 Å². The average molecular weight is 231 g/mol. The van der Waals surface area contributed by atoms with Crippen molar-refractivity contribution in [3.63, 3.8) is 0 Å². The zero-order chi connectivity index (χ0) is 12.4. The first-order valence-corrected chi connectivity index (χ1v) is 6.47. The van der Waals surface area contributed by atoms with Gasteiger partial charge in [-0.25, -0.2) is 4.98 Å². The van der Waals surface area contributed by atoms with Crippen LogP contribution in [0.4, 0.5) is 5.69 Å². The third-order valence-corrected chi connectivity index (χ3v) is 3.41. The van der Waals surface area contributed by atoms with E-state index in [-0.39, 0.29) is 0 Å². The van der Waals surface area contributed by atoms with Crippen LogP contribution < -0.4 is 5.73 Å². The van der Waals surface area contributed by atoms with E-state index in [1.807, 2.05) is 12.1 Å². The number of rotatable bonds is 4. The van der Waals surface area contributed by atoms with Crippen molar-refractivity contribution in [1.82, 2.24) is 9.55 Å². The van der Waals surface area contributed by atoms with Crippen molar-refractivity contribution in [2.45, 2.75) is 46.1 Å². The quantitative estimate of drug-likeness (QED) is 0.818. The summed E-state index contributed by atoms with van der Waals surface area (Å²) in [6, 6.07) is 6.56. The Labute approximate surface area is 103 Å². The Morgan fingerprint density at radius 3 is 2.53 bits per heavy atom. The summed E-state index contributed by atoms with van der Waals surface area (Å²) >= 11 is 0. The van der Waals surface area contributed by atoms with Crippen LogP contribution in [0.1, 0.15) is 45.5 Å². The first-order valence-electron chi connectivity index (χ1n) is 6.47. The topological polar surface area (TPSA) is 43.8 Å². The normalized spacial score (nSPS) is 11.5. The van der Waals surface area contributed by atoms with E-state index < -0.39 is 0 Å². The second-order valence-corrected chi connectivity index (χ2v) is 4.47. The van der Waals surface area contributed by atoms with Gasteiger partial charge in [0.05, 0.1) is 11.0 Å². The lowest BCUT2D eigenvalue weighted by atomic mass is 10.1. The summed E-state index contributed by atoms with van der Waals surface area (Å²) in [5.74, 6) is 1.17. The maximum Gasteiger partial charge on any atom is 0.109 e. The van der Waals surface area contributed by atoms with Gasteiger partial charge in [-0.05, 0) is 31.0 Å². The predicted octanol–water partition coefficient (Wildman–Crippen LogP) is 3.54. The highest BCUT2D eigenvalue weighted by Crippen LogP contribution is 2.26. The number of nitrogens with two attached hydrogens (primary N) is 1. The smallest absolute Gasteiger partial charge is 0.109 e. The molecule has 0 aliphatic carbocycles. The number of hydrogen-bond acceptors (Lipinski definition) is 2. The van der Waals surface area contributed by atoms with E-state index in [4.69, 9.17) is 10.7 Å². The molecule has 0 unspecified atom stereocenters. The van der Waals surface area contributed by atoms with Gasteiger partial charge in [0.2, 0.25) is 0 Å². The van der Waals surface area contributed by atoms with Crippen LogP contribution in [0.15, 0.2) is 18.2 Å². The summed E-state index contributed by atoms with van der Waals surface area (Å²) in [6.45, 7) is 6.62. The number of nitrogen functional groups attached to an aromatic ring is 1. The minimum atomic E-state index is 0.540. The highest BCUT2D eigenvalue weighted by molar-refractivity contribution is 5.79. The van der Waals surface area contributed by atoms with Crippen molar-refractivity contribution in [2.75, 3.05) is 5.73 Å². The molecule has 0 saturated carbocycles. The third kappa shape index (κ3) is 2.02. The van der Waals surface area contributed by atoms with Crippen LogP contribution in [0.3, 0.4) is 0 Å². The van der Waals surface area contributed by atoms with Crippen LogP contribution in [0.5, 0.6) is 0 Å². The van der Waals surface area contributed by atoms with Gasteiger partial charge in [0, 0.05) is 18.2 Å². The van der Waals surface area contributed by atoms with Crippen molar-refractivity contribution in [2.24, 2.45) is 0 Å². The number of aromatic nitrogens is 2. The Morgan fingerprint density at radius 1 is 1.24 bits per heavy atom. The SMILES string of the molecule is CCc1nc2cc(N)ccc2n1C(CC)CC. The summed E-state index contributed by atoms with van der Waals surface area (Å²) in [6.07, 6.45) is 3.24. The number of fused-ring (bicyclic) bond motifs is 1. The minimum Gasteiger partial charge on any atom is -0.399 e. The van der Waals surface area contributed by atoms with Gasteiger partial charge < -0.3 is 10.3 Å². The molecule has 1 aromatic carbocycles. The molecular weight excluding hydrogens is 210 g/mol. The van der Waals surface area contributed by atoms with Crippen LogP contribution >= 0.6 is 0 Å². The number of aryl methyl sites for hydroxylation is 1. The van der Waals surface area contributed by atoms with Gasteiger partial charge in [0.25, 0.3) is 0 Å². The van der Waals surface area contributed by atoms with Crippen molar-refractivity contribution >= 4 is 16.7 Å². The zero-order valence-electron chi connectivity index (χ0n) is 10.9. The fourth-order valence-corrected chi connectivity index (χ4v) is 2.48. The summed E-state index contributed by atoms with van der Waals surface area (Å²) in [5.41, 5.74) is 8.84. The van der Waals surface area contributed by atoms with Crippen LogP contribution in [-0.4, -0.2) is 9.55 Å². The fraction of sp³-hybridized carbons (Fsp3) is 0.500. The van der Waals surface area contributed by atoms with Gasteiger partial charge in [0.15, 0.2) is 0 Å². The van der Waals surface area contributed by atoms with Gasteiger partial charge in [-0.3, -0.25) is 0 Å². The Hall–Kier alpha value is -1.51. The molecule has 1 heterocycles. The molecule has 2 N–H and O–H groups in total. The lowest BCUT2D eigenvalue weighted by molar-refractivity contribution is 0.468. The largest absolute Gasteiger partial charge is 0.399 e. The second kappa shape index (κ2) is 4.78. The van der Waals surface area contributed by atoms with Crippen LogP contribution in [-0.2, 0) is 6.42 Å². The van der Waals surface area contributed by atoms with E-state index in [0.717, 1.165) is 30.5 Å². The number of benzene rings is 1. The first-order chi connectivity index (χ1) is 8.21. The van der Waals surface area contributed by atoms with E-state index in [2.05, 4.69) is 31.4 Å². The maximum atomic E-state index is 5.82. The molecule has 17 heavy (non-hydrogen) atoms. The van der Waals surface area contributed by atoms with E-state index >= 15 is 0 Å². The monoisotopic (exact) mass is 231 g/mol. The van der Waals surface area contributed by atoms with E-state index in [9.17, 15) is 0 Å². The maximum absolute atomic E-state index is 5.82. The Balaban J connectivity index is 2.65. The molecule has 2 aromatic rings. The summed E-state index contributed by atoms with van der Waals surface area (Å²) < 4.78 is 2.38. The molecule has 3 heteroatoms. The zero-order valence-corrected chi connectivity index (χ0v) is 10.9. The van der Waals surface area contributed by atoms with Crippen LogP contribution in [0, 0.1) is 0 Å². The summed E-state index contributed by atoms with van der Waals surface area (Å²) in [7, 11) is 0. The molecule has 92 valence electrons. The number of imidazole rings is 1. The van der Waals surface area contributed by atoms with Gasteiger partial charge in [-0.2, -0.15) is 0 Å². The lowest BCUT2D eigenvalue weighted by Crippen LogP contribution is -2.10.